The lowest BCUT2D eigenvalue weighted by Crippen LogP contribution is -2.40. The van der Waals surface area contributed by atoms with Crippen LogP contribution in [0.1, 0.15) is 41.3 Å². The van der Waals surface area contributed by atoms with Crippen molar-refractivity contribution in [1.82, 2.24) is 14.9 Å². The maximum absolute atomic E-state index is 13.0. The van der Waals surface area contributed by atoms with Crippen LogP contribution < -0.4 is 14.4 Å². The molecule has 1 aliphatic heterocycles. The third-order valence-electron chi connectivity index (χ3n) is 7.21. The molecule has 0 bridgehead atoms. The zero-order valence-corrected chi connectivity index (χ0v) is 26.0. The van der Waals surface area contributed by atoms with E-state index in [1.807, 2.05) is 59.3 Å². The van der Waals surface area contributed by atoms with Crippen LogP contribution >= 0.6 is 23.4 Å². The smallest absolute Gasteiger partial charge is 0.309 e. The molecule has 3 aromatic rings. The predicted octanol–water partition coefficient (Wildman–Crippen LogP) is 5.53. The molecule has 1 aromatic heterocycles. The highest BCUT2D eigenvalue weighted by atomic mass is 35.5. The van der Waals surface area contributed by atoms with Gasteiger partial charge >= 0.3 is 5.97 Å². The van der Waals surface area contributed by atoms with Gasteiger partial charge in [0.25, 0.3) is 5.91 Å². The number of esters is 1. The minimum Gasteiger partial charge on any atom is -0.493 e. The molecule has 224 valence electrons. The van der Waals surface area contributed by atoms with Crippen molar-refractivity contribution in [3.05, 3.63) is 70.4 Å². The Balaban J connectivity index is 1.30. The molecular weight excluding hydrogens is 576 g/mol. The summed E-state index contributed by atoms with van der Waals surface area (Å²) in [6.07, 6.45) is 2.05. The quantitative estimate of drug-likeness (QED) is 0.113. The molecule has 1 saturated heterocycles. The van der Waals surface area contributed by atoms with Gasteiger partial charge in [-0.2, -0.15) is 0 Å². The summed E-state index contributed by atoms with van der Waals surface area (Å²) >= 11 is 7.84. The first-order chi connectivity index (χ1) is 20.3. The molecule has 0 spiro atoms. The molecule has 0 atom stereocenters. The molecule has 9 nitrogen and oxygen atoms in total. The lowest BCUT2D eigenvalue weighted by Gasteiger charge is -2.31. The fourth-order valence-corrected chi connectivity index (χ4v) is 5.78. The van der Waals surface area contributed by atoms with Gasteiger partial charge in [0.15, 0.2) is 16.7 Å². The number of hydrogen-bond acceptors (Lipinski definition) is 9. The number of ether oxygens (including phenoxy) is 3. The number of anilines is 1. The van der Waals surface area contributed by atoms with Crippen LogP contribution in [0, 0.1) is 5.92 Å². The Bertz CT molecular complexity index is 1370. The molecule has 11 heteroatoms. The monoisotopic (exact) mass is 612 g/mol. The molecule has 4 rings (SSSR count). The largest absolute Gasteiger partial charge is 0.493 e. The standard InChI is InChI=1S/C31H37ClN4O5S/c1-5-41-30(38)24-13-16-36(17-14-24)29(37)23-9-6-22(7-10-23)20-42-31-33-27(32)19-28(34-31)35(2)15-12-21-8-11-25(39-3)26(18-21)40-4/h6-11,18-19,24H,5,12-17,20H2,1-4H3. The Morgan fingerprint density at radius 3 is 2.36 bits per heavy atom. The average Bonchev–Trinajstić information content (AvgIpc) is 3.02. The summed E-state index contributed by atoms with van der Waals surface area (Å²) in [7, 11) is 5.23. The topological polar surface area (TPSA) is 94.1 Å². The number of rotatable bonds is 12. The fraction of sp³-hybridized carbons (Fsp3) is 0.419. The molecule has 0 N–H and O–H groups in total. The Hall–Kier alpha value is -3.50. The third kappa shape index (κ3) is 8.29. The van der Waals surface area contributed by atoms with Crippen LogP contribution in [0.3, 0.4) is 0 Å². The zero-order valence-electron chi connectivity index (χ0n) is 24.5. The van der Waals surface area contributed by atoms with E-state index in [0.29, 0.717) is 65.7 Å². The number of thioether (sulfide) groups is 1. The summed E-state index contributed by atoms with van der Waals surface area (Å²) in [6, 6.07) is 15.3. The minimum atomic E-state index is -0.163. The summed E-state index contributed by atoms with van der Waals surface area (Å²) in [4.78, 5) is 37.9. The lowest BCUT2D eigenvalue weighted by atomic mass is 9.96. The number of likely N-dealkylation sites (N-methyl/N-ethyl adjacent to an activating group) is 1. The number of piperidine rings is 1. The van der Waals surface area contributed by atoms with Crippen LogP contribution in [0.5, 0.6) is 11.5 Å². The zero-order chi connectivity index (χ0) is 30.1. The van der Waals surface area contributed by atoms with Gasteiger partial charge in [-0.15, -0.1) is 0 Å². The number of carbonyl (C=O) groups excluding carboxylic acids is 2. The van der Waals surface area contributed by atoms with Gasteiger partial charge in [-0.1, -0.05) is 41.6 Å². The SMILES string of the molecule is CCOC(=O)C1CCN(C(=O)c2ccc(CSc3nc(Cl)cc(N(C)CCc4ccc(OC)c(OC)c4)n3)cc2)CC1. The molecule has 0 saturated carbocycles. The Morgan fingerprint density at radius 1 is 1.00 bits per heavy atom. The van der Waals surface area contributed by atoms with Gasteiger partial charge in [0.05, 0.1) is 26.7 Å². The van der Waals surface area contributed by atoms with E-state index >= 15 is 0 Å². The summed E-state index contributed by atoms with van der Waals surface area (Å²) in [5.74, 6) is 2.47. The fourth-order valence-electron chi connectivity index (χ4n) is 4.75. The molecule has 2 heterocycles. The van der Waals surface area contributed by atoms with E-state index < -0.39 is 0 Å². The van der Waals surface area contributed by atoms with Crippen molar-refractivity contribution in [2.24, 2.45) is 5.92 Å². The second-order valence-electron chi connectivity index (χ2n) is 10.00. The van der Waals surface area contributed by atoms with Gasteiger partial charge in [0.2, 0.25) is 0 Å². The predicted molar refractivity (Wildman–Crippen MR) is 165 cm³/mol. The van der Waals surface area contributed by atoms with E-state index in [-0.39, 0.29) is 17.8 Å². The number of hydrogen-bond donors (Lipinski definition) is 0. The third-order valence-corrected chi connectivity index (χ3v) is 8.32. The van der Waals surface area contributed by atoms with Crippen molar-refractivity contribution in [2.75, 3.05) is 52.4 Å². The van der Waals surface area contributed by atoms with E-state index in [1.54, 1.807) is 27.2 Å². The van der Waals surface area contributed by atoms with Crippen molar-refractivity contribution >= 4 is 41.1 Å². The number of methoxy groups -OCH3 is 2. The van der Waals surface area contributed by atoms with E-state index in [1.165, 1.54) is 11.8 Å². The molecule has 0 radical (unpaired) electrons. The van der Waals surface area contributed by atoms with E-state index in [9.17, 15) is 9.59 Å². The summed E-state index contributed by atoms with van der Waals surface area (Å²) in [6.45, 7) is 4.02. The molecule has 0 aliphatic carbocycles. The summed E-state index contributed by atoms with van der Waals surface area (Å²) in [5, 5.41) is 0.966. The summed E-state index contributed by atoms with van der Waals surface area (Å²) in [5.41, 5.74) is 2.80. The van der Waals surface area contributed by atoms with Crippen LogP contribution in [0.15, 0.2) is 53.7 Å². The number of nitrogens with zero attached hydrogens (tertiary/aromatic N) is 4. The first kappa shape index (κ1) is 31.4. The van der Waals surface area contributed by atoms with E-state index in [0.717, 1.165) is 29.9 Å². The maximum atomic E-state index is 13.0. The van der Waals surface area contributed by atoms with Crippen LogP contribution in [0.2, 0.25) is 5.15 Å². The van der Waals surface area contributed by atoms with Crippen LogP contribution in [-0.2, 0) is 21.7 Å². The van der Waals surface area contributed by atoms with Gasteiger partial charge < -0.3 is 24.0 Å². The molecular formula is C31H37ClN4O5S. The first-order valence-corrected chi connectivity index (χ1v) is 15.3. The number of aromatic nitrogens is 2. The van der Waals surface area contributed by atoms with Crippen LogP contribution in [0.25, 0.3) is 0 Å². The van der Waals surface area contributed by atoms with Crippen molar-refractivity contribution in [3.63, 3.8) is 0 Å². The highest BCUT2D eigenvalue weighted by Crippen LogP contribution is 2.29. The first-order valence-electron chi connectivity index (χ1n) is 14.0. The number of likely N-dealkylation sites (tertiary alicyclic amines) is 1. The molecule has 1 aliphatic rings. The van der Waals surface area contributed by atoms with Gasteiger partial charge in [-0.25, -0.2) is 9.97 Å². The number of benzene rings is 2. The van der Waals surface area contributed by atoms with Crippen molar-refractivity contribution in [2.45, 2.75) is 37.1 Å². The molecule has 2 aromatic carbocycles. The van der Waals surface area contributed by atoms with Crippen molar-refractivity contribution in [3.8, 4) is 11.5 Å². The normalized spacial score (nSPS) is 13.5. The molecule has 1 amide bonds. The second-order valence-corrected chi connectivity index (χ2v) is 11.3. The van der Waals surface area contributed by atoms with E-state index in [2.05, 4.69) is 4.98 Å². The second kappa shape index (κ2) is 15.1. The van der Waals surface area contributed by atoms with Crippen molar-refractivity contribution < 1.29 is 23.8 Å². The molecule has 0 unspecified atom stereocenters. The number of halogens is 1. The number of amides is 1. The molecule has 1 fully saturated rings. The highest BCUT2D eigenvalue weighted by molar-refractivity contribution is 7.98. The average molecular weight is 613 g/mol. The van der Waals surface area contributed by atoms with Gasteiger partial charge in [-0.3, -0.25) is 9.59 Å². The lowest BCUT2D eigenvalue weighted by molar-refractivity contribution is -0.149. The van der Waals surface area contributed by atoms with Gasteiger partial charge in [-0.05, 0) is 61.6 Å². The number of carbonyl (C=O) groups is 2. The van der Waals surface area contributed by atoms with Gasteiger partial charge in [0.1, 0.15) is 11.0 Å². The summed E-state index contributed by atoms with van der Waals surface area (Å²) < 4.78 is 15.9. The Morgan fingerprint density at radius 2 is 1.69 bits per heavy atom. The van der Waals surface area contributed by atoms with Crippen molar-refractivity contribution in [1.29, 1.82) is 0 Å². The van der Waals surface area contributed by atoms with Crippen LogP contribution in [-0.4, -0.2) is 74.3 Å². The van der Waals surface area contributed by atoms with E-state index in [4.69, 9.17) is 30.8 Å². The Kier molecular flexibility index (Phi) is 11.3. The minimum absolute atomic E-state index is 0.0181. The van der Waals surface area contributed by atoms with Gasteiger partial charge in [0, 0.05) is 44.1 Å². The highest BCUT2D eigenvalue weighted by Gasteiger charge is 2.28. The Labute approximate surface area is 256 Å². The molecule has 42 heavy (non-hydrogen) atoms. The maximum Gasteiger partial charge on any atom is 0.309 e. The van der Waals surface area contributed by atoms with Crippen LogP contribution in [0.4, 0.5) is 5.82 Å².